The SMILES string of the molecule is Cc1ccc(C(=O)Nc2cccc(-c3nc4ccccc4[nH]3)c2)cc1C. The standard InChI is InChI=1S/C22H19N3O/c1-14-10-11-17(12-15(14)2)22(26)23-18-7-5-6-16(13-18)21-24-19-8-3-4-9-20(19)25-21/h3-13H,1-2H3,(H,23,26)(H,24,25). The van der Waals surface area contributed by atoms with E-state index in [9.17, 15) is 4.79 Å². The molecule has 0 saturated heterocycles. The summed E-state index contributed by atoms with van der Waals surface area (Å²) < 4.78 is 0. The average molecular weight is 341 g/mol. The van der Waals surface area contributed by atoms with Crippen LogP contribution in [0.25, 0.3) is 22.4 Å². The van der Waals surface area contributed by atoms with Gasteiger partial charge in [-0.2, -0.15) is 0 Å². The summed E-state index contributed by atoms with van der Waals surface area (Å²) >= 11 is 0. The van der Waals surface area contributed by atoms with Gasteiger partial charge in [-0.25, -0.2) is 4.98 Å². The molecule has 0 aliphatic heterocycles. The Kier molecular flexibility index (Phi) is 4.01. The summed E-state index contributed by atoms with van der Waals surface area (Å²) in [6, 6.07) is 21.3. The van der Waals surface area contributed by atoms with Gasteiger partial charge in [0.1, 0.15) is 5.82 Å². The highest BCUT2D eigenvalue weighted by atomic mass is 16.1. The van der Waals surface area contributed by atoms with E-state index in [0.717, 1.165) is 33.7 Å². The van der Waals surface area contributed by atoms with Crippen molar-refractivity contribution in [2.75, 3.05) is 5.32 Å². The van der Waals surface area contributed by atoms with E-state index in [1.165, 1.54) is 5.56 Å². The quantitative estimate of drug-likeness (QED) is 0.545. The van der Waals surface area contributed by atoms with Gasteiger partial charge in [-0.1, -0.05) is 30.3 Å². The number of carbonyl (C=O) groups is 1. The van der Waals surface area contributed by atoms with E-state index < -0.39 is 0 Å². The minimum absolute atomic E-state index is 0.116. The van der Waals surface area contributed by atoms with Crippen molar-refractivity contribution >= 4 is 22.6 Å². The number of hydrogen-bond donors (Lipinski definition) is 2. The van der Waals surface area contributed by atoms with Crippen molar-refractivity contribution in [3.8, 4) is 11.4 Å². The van der Waals surface area contributed by atoms with Crippen molar-refractivity contribution in [3.63, 3.8) is 0 Å². The monoisotopic (exact) mass is 341 g/mol. The van der Waals surface area contributed by atoms with Gasteiger partial charge in [0.05, 0.1) is 11.0 Å². The van der Waals surface area contributed by atoms with Crippen LogP contribution in [0, 0.1) is 13.8 Å². The Morgan fingerprint density at radius 1 is 0.923 bits per heavy atom. The van der Waals surface area contributed by atoms with E-state index in [0.29, 0.717) is 5.56 Å². The molecule has 0 aliphatic rings. The fourth-order valence-electron chi connectivity index (χ4n) is 2.92. The number of nitrogens with zero attached hydrogens (tertiary/aromatic N) is 1. The topological polar surface area (TPSA) is 57.8 Å². The minimum atomic E-state index is -0.116. The zero-order valence-electron chi connectivity index (χ0n) is 14.7. The number of fused-ring (bicyclic) bond motifs is 1. The first-order valence-electron chi connectivity index (χ1n) is 8.54. The van der Waals surface area contributed by atoms with Gasteiger partial charge in [0.2, 0.25) is 0 Å². The summed E-state index contributed by atoms with van der Waals surface area (Å²) in [5.74, 6) is 0.670. The van der Waals surface area contributed by atoms with Crippen LogP contribution in [0.5, 0.6) is 0 Å². The fourth-order valence-corrected chi connectivity index (χ4v) is 2.92. The maximum absolute atomic E-state index is 12.5. The molecular weight excluding hydrogens is 322 g/mol. The third-order valence-electron chi connectivity index (χ3n) is 4.55. The number of imidazole rings is 1. The van der Waals surface area contributed by atoms with Crippen molar-refractivity contribution in [3.05, 3.63) is 83.4 Å². The zero-order valence-corrected chi connectivity index (χ0v) is 14.7. The summed E-state index contributed by atoms with van der Waals surface area (Å²) in [7, 11) is 0. The number of aromatic nitrogens is 2. The van der Waals surface area contributed by atoms with Gasteiger partial charge < -0.3 is 10.3 Å². The number of benzene rings is 3. The molecule has 0 aliphatic carbocycles. The van der Waals surface area contributed by atoms with Crippen molar-refractivity contribution < 1.29 is 4.79 Å². The van der Waals surface area contributed by atoms with Gasteiger partial charge >= 0.3 is 0 Å². The highest BCUT2D eigenvalue weighted by molar-refractivity contribution is 6.04. The molecule has 0 spiro atoms. The van der Waals surface area contributed by atoms with Gasteiger partial charge in [0.15, 0.2) is 0 Å². The number of amides is 1. The number of aromatic amines is 1. The number of H-pyrrole nitrogens is 1. The van der Waals surface area contributed by atoms with Gasteiger partial charge in [-0.3, -0.25) is 4.79 Å². The molecule has 4 rings (SSSR count). The normalized spacial score (nSPS) is 10.8. The molecule has 1 aromatic heterocycles. The summed E-state index contributed by atoms with van der Waals surface area (Å²) in [6.07, 6.45) is 0. The van der Waals surface area contributed by atoms with E-state index in [4.69, 9.17) is 0 Å². The highest BCUT2D eigenvalue weighted by Gasteiger charge is 2.09. The van der Waals surface area contributed by atoms with Crippen LogP contribution in [0.1, 0.15) is 21.5 Å². The summed E-state index contributed by atoms with van der Waals surface area (Å²) in [4.78, 5) is 20.5. The molecule has 4 aromatic rings. The molecule has 0 bridgehead atoms. The molecule has 4 nitrogen and oxygen atoms in total. The molecule has 128 valence electrons. The second-order valence-corrected chi connectivity index (χ2v) is 6.44. The van der Waals surface area contributed by atoms with Crippen LogP contribution < -0.4 is 5.32 Å². The van der Waals surface area contributed by atoms with E-state index >= 15 is 0 Å². The molecular formula is C22H19N3O. The number of aryl methyl sites for hydroxylation is 2. The van der Waals surface area contributed by atoms with Crippen molar-refractivity contribution in [2.24, 2.45) is 0 Å². The van der Waals surface area contributed by atoms with Gasteiger partial charge in [0.25, 0.3) is 5.91 Å². The molecule has 3 aromatic carbocycles. The van der Waals surface area contributed by atoms with Crippen LogP contribution in [0.4, 0.5) is 5.69 Å². The van der Waals surface area contributed by atoms with Crippen LogP contribution in [0.2, 0.25) is 0 Å². The first kappa shape index (κ1) is 16.1. The molecule has 1 heterocycles. The zero-order chi connectivity index (χ0) is 18.1. The second-order valence-electron chi connectivity index (χ2n) is 6.44. The molecule has 1 amide bonds. The third kappa shape index (κ3) is 3.09. The van der Waals surface area contributed by atoms with Gasteiger partial charge in [-0.05, 0) is 61.4 Å². The Labute approximate surface area is 151 Å². The summed E-state index contributed by atoms with van der Waals surface area (Å²) in [5, 5.41) is 2.97. The van der Waals surface area contributed by atoms with Crippen molar-refractivity contribution in [1.82, 2.24) is 9.97 Å². The summed E-state index contributed by atoms with van der Waals surface area (Å²) in [5.41, 5.74) is 6.52. The maximum Gasteiger partial charge on any atom is 0.255 e. The van der Waals surface area contributed by atoms with Crippen molar-refractivity contribution in [2.45, 2.75) is 13.8 Å². The highest BCUT2D eigenvalue weighted by Crippen LogP contribution is 2.23. The Bertz CT molecular complexity index is 1080. The van der Waals surface area contributed by atoms with E-state index in [-0.39, 0.29) is 5.91 Å². The fraction of sp³-hybridized carbons (Fsp3) is 0.0909. The lowest BCUT2D eigenvalue weighted by atomic mass is 10.1. The molecule has 0 atom stereocenters. The summed E-state index contributed by atoms with van der Waals surface area (Å²) in [6.45, 7) is 4.04. The minimum Gasteiger partial charge on any atom is -0.338 e. The smallest absolute Gasteiger partial charge is 0.255 e. The molecule has 0 radical (unpaired) electrons. The van der Waals surface area contributed by atoms with Gasteiger partial charge in [0, 0.05) is 16.8 Å². The molecule has 2 N–H and O–H groups in total. The number of anilines is 1. The Morgan fingerprint density at radius 3 is 2.58 bits per heavy atom. The molecule has 0 fully saturated rings. The predicted octanol–water partition coefficient (Wildman–Crippen LogP) is 5.10. The third-order valence-corrected chi connectivity index (χ3v) is 4.55. The lowest BCUT2D eigenvalue weighted by Crippen LogP contribution is -2.12. The second kappa shape index (κ2) is 6.48. The Balaban J connectivity index is 1.61. The van der Waals surface area contributed by atoms with E-state index in [2.05, 4.69) is 15.3 Å². The Morgan fingerprint density at radius 2 is 1.77 bits per heavy atom. The van der Waals surface area contributed by atoms with Crippen molar-refractivity contribution in [1.29, 1.82) is 0 Å². The van der Waals surface area contributed by atoms with Crippen LogP contribution in [0.15, 0.2) is 66.7 Å². The van der Waals surface area contributed by atoms with Crippen LogP contribution >= 0.6 is 0 Å². The lowest BCUT2D eigenvalue weighted by molar-refractivity contribution is 0.102. The average Bonchev–Trinajstić information content (AvgIpc) is 3.08. The lowest BCUT2D eigenvalue weighted by Gasteiger charge is -2.08. The number of hydrogen-bond acceptors (Lipinski definition) is 2. The van der Waals surface area contributed by atoms with E-state index in [1.54, 1.807) is 0 Å². The van der Waals surface area contributed by atoms with Crippen LogP contribution in [-0.4, -0.2) is 15.9 Å². The molecule has 0 saturated carbocycles. The van der Waals surface area contributed by atoms with Crippen LogP contribution in [-0.2, 0) is 0 Å². The molecule has 4 heteroatoms. The number of carbonyl (C=O) groups excluding carboxylic acids is 1. The Hall–Kier alpha value is -3.40. The van der Waals surface area contributed by atoms with E-state index in [1.807, 2.05) is 80.6 Å². The number of para-hydroxylation sites is 2. The van der Waals surface area contributed by atoms with Crippen LogP contribution in [0.3, 0.4) is 0 Å². The first-order chi connectivity index (χ1) is 12.6. The maximum atomic E-state index is 12.5. The number of rotatable bonds is 3. The molecule has 26 heavy (non-hydrogen) atoms. The number of nitrogens with one attached hydrogen (secondary N) is 2. The largest absolute Gasteiger partial charge is 0.338 e. The first-order valence-corrected chi connectivity index (χ1v) is 8.54. The molecule has 0 unspecified atom stereocenters. The van der Waals surface area contributed by atoms with Gasteiger partial charge in [-0.15, -0.1) is 0 Å². The predicted molar refractivity (Wildman–Crippen MR) is 105 cm³/mol.